The highest BCUT2D eigenvalue weighted by Gasteiger charge is 2.23. The lowest BCUT2D eigenvalue weighted by molar-refractivity contribution is 0.0858. The number of aromatic nitrogens is 1. The predicted molar refractivity (Wildman–Crippen MR) is 65.5 cm³/mol. The van der Waals surface area contributed by atoms with Crippen molar-refractivity contribution in [2.75, 3.05) is 0 Å². The summed E-state index contributed by atoms with van der Waals surface area (Å²) in [7, 11) is 0. The van der Waals surface area contributed by atoms with Crippen LogP contribution in [-0.2, 0) is 0 Å². The molecule has 16 heavy (non-hydrogen) atoms. The largest absolute Gasteiger partial charge is 0.294 e. The molecular formula is C14H15NO. The van der Waals surface area contributed by atoms with Crippen LogP contribution >= 0.6 is 0 Å². The highest BCUT2D eigenvalue weighted by atomic mass is 16.1. The van der Waals surface area contributed by atoms with Crippen LogP contribution in [0.25, 0.3) is 10.9 Å². The first-order valence-corrected chi connectivity index (χ1v) is 5.38. The summed E-state index contributed by atoms with van der Waals surface area (Å²) in [6.45, 7) is 5.76. The van der Waals surface area contributed by atoms with Gasteiger partial charge in [-0.3, -0.25) is 9.78 Å². The Morgan fingerprint density at radius 3 is 2.56 bits per heavy atom. The van der Waals surface area contributed by atoms with Gasteiger partial charge < -0.3 is 0 Å². The van der Waals surface area contributed by atoms with E-state index in [9.17, 15) is 4.79 Å². The van der Waals surface area contributed by atoms with Crippen LogP contribution in [0.15, 0.2) is 36.5 Å². The second-order valence-corrected chi connectivity index (χ2v) is 5.00. The number of nitrogens with zero attached hydrogens (tertiary/aromatic N) is 1. The molecule has 2 nitrogen and oxygen atoms in total. The molecule has 1 aromatic carbocycles. The van der Waals surface area contributed by atoms with Gasteiger partial charge in [-0.1, -0.05) is 39.0 Å². The van der Waals surface area contributed by atoms with E-state index >= 15 is 0 Å². The number of Topliss-reactive ketones (excluding diaryl/α,β-unsaturated/α-hetero) is 1. The quantitative estimate of drug-likeness (QED) is 0.679. The van der Waals surface area contributed by atoms with E-state index in [2.05, 4.69) is 4.98 Å². The van der Waals surface area contributed by atoms with Gasteiger partial charge >= 0.3 is 0 Å². The minimum atomic E-state index is -0.357. The van der Waals surface area contributed by atoms with Crippen molar-refractivity contribution in [3.8, 4) is 0 Å². The van der Waals surface area contributed by atoms with Crippen LogP contribution in [0.3, 0.4) is 0 Å². The number of carbonyl (C=O) groups is 1. The third-order valence-corrected chi connectivity index (χ3v) is 2.53. The average molecular weight is 213 g/mol. The van der Waals surface area contributed by atoms with Gasteiger partial charge in [0.1, 0.15) is 0 Å². The smallest absolute Gasteiger partial charge is 0.169 e. The van der Waals surface area contributed by atoms with Crippen LogP contribution in [0.5, 0.6) is 0 Å². The highest BCUT2D eigenvalue weighted by molar-refractivity contribution is 6.01. The topological polar surface area (TPSA) is 30.0 Å². The summed E-state index contributed by atoms with van der Waals surface area (Å²) in [5, 5.41) is 1.01. The molecule has 2 heteroatoms. The normalized spacial score (nSPS) is 11.7. The minimum absolute atomic E-state index is 0.130. The van der Waals surface area contributed by atoms with E-state index in [-0.39, 0.29) is 11.2 Å². The molecule has 0 saturated heterocycles. The Morgan fingerprint density at radius 1 is 1.19 bits per heavy atom. The maximum atomic E-state index is 12.1. The molecule has 0 aliphatic rings. The van der Waals surface area contributed by atoms with Gasteiger partial charge in [-0.05, 0) is 12.1 Å². The first-order valence-electron chi connectivity index (χ1n) is 5.38. The molecular weight excluding hydrogens is 198 g/mol. The molecule has 2 rings (SSSR count). The summed E-state index contributed by atoms with van der Waals surface area (Å²) in [6, 6.07) is 9.73. The molecule has 0 aliphatic heterocycles. The van der Waals surface area contributed by atoms with Crippen molar-refractivity contribution in [2.45, 2.75) is 20.8 Å². The number of rotatable bonds is 1. The van der Waals surface area contributed by atoms with E-state index < -0.39 is 0 Å². The fourth-order valence-corrected chi connectivity index (χ4v) is 1.63. The Balaban J connectivity index is 2.52. The van der Waals surface area contributed by atoms with Crippen LogP contribution < -0.4 is 0 Å². The Labute approximate surface area is 95.3 Å². The Bertz CT molecular complexity index is 538. The molecule has 0 radical (unpaired) electrons. The van der Waals surface area contributed by atoms with E-state index in [0.29, 0.717) is 5.56 Å². The Morgan fingerprint density at radius 2 is 1.88 bits per heavy atom. The van der Waals surface area contributed by atoms with Crippen molar-refractivity contribution in [1.82, 2.24) is 4.98 Å². The molecule has 2 aromatic rings. The number of fused-ring (bicyclic) bond motifs is 1. The first-order chi connectivity index (χ1) is 7.48. The molecule has 0 saturated carbocycles. The molecule has 0 amide bonds. The van der Waals surface area contributed by atoms with E-state index in [1.165, 1.54) is 0 Å². The van der Waals surface area contributed by atoms with Gasteiger partial charge in [0.25, 0.3) is 0 Å². The fraction of sp³-hybridized carbons (Fsp3) is 0.286. The lowest BCUT2D eigenvalue weighted by Crippen LogP contribution is -2.20. The van der Waals surface area contributed by atoms with Crippen LogP contribution in [0, 0.1) is 5.41 Å². The number of benzene rings is 1. The van der Waals surface area contributed by atoms with Crippen molar-refractivity contribution in [2.24, 2.45) is 5.41 Å². The Hall–Kier alpha value is -1.70. The second-order valence-electron chi connectivity index (χ2n) is 5.00. The summed E-state index contributed by atoms with van der Waals surface area (Å²) in [6.07, 6.45) is 1.66. The van der Waals surface area contributed by atoms with Gasteiger partial charge in [0.15, 0.2) is 5.78 Å². The van der Waals surface area contributed by atoms with Crippen molar-refractivity contribution in [1.29, 1.82) is 0 Å². The van der Waals surface area contributed by atoms with Gasteiger partial charge in [-0.25, -0.2) is 0 Å². The molecule has 0 atom stereocenters. The van der Waals surface area contributed by atoms with Crippen molar-refractivity contribution in [3.63, 3.8) is 0 Å². The summed E-state index contributed by atoms with van der Waals surface area (Å²) in [5.74, 6) is 0.130. The zero-order valence-corrected chi connectivity index (χ0v) is 9.82. The monoisotopic (exact) mass is 213 g/mol. The molecule has 0 aliphatic carbocycles. The van der Waals surface area contributed by atoms with Crippen LogP contribution in [0.2, 0.25) is 0 Å². The van der Waals surface area contributed by atoms with Crippen molar-refractivity contribution in [3.05, 3.63) is 42.1 Å². The predicted octanol–water partition coefficient (Wildman–Crippen LogP) is 3.46. The molecule has 0 N–H and O–H groups in total. The standard InChI is InChI=1S/C14H15NO/c1-14(2,3)13(16)11-8-10-6-4-5-7-12(10)15-9-11/h4-9H,1-3H3. The highest BCUT2D eigenvalue weighted by Crippen LogP contribution is 2.22. The third kappa shape index (κ3) is 1.96. The number of pyridine rings is 1. The lowest BCUT2D eigenvalue weighted by Gasteiger charge is -2.16. The molecule has 0 spiro atoms. The SMILES string of the molecule is CC(C)(C)C(=O)c1cnc2ccccc2c1. The van der Waals surface area contributed by atoms with Crippen LogP contribution in [0.1, 0.15) is 31.1 Å². The molecule has 0 bridgehead atoms. The number of carbonyl (C=O) groups excluding carboxylic acids is 1. The number of hydrogen-bond acceptors (Lipinski definition) is 2. The van der Waals surface area contributed by atoms with Gasteiger partial charge in [-0.15, -0.1) is 0 Å². The van der Waals surface area contributed by atoms with E-state index in [1.54, 1.807) is 6.20 Å². The zero-order valence-electron chi connectivity index (χ0n) is 9.82. The zero-order chi connectivity index (χ0) is 11.8. The van der Waals surface area contributed by atoms with Crippen LogP contribution in [-0.4, -0.2) is 10.8 Å². The molecule has 0 unspecified atom stereocenters. The summed E-state index contributed by atoms with van der Waals surface area (Å²) in [5.41, 5.74) is 1.25. The minimum Gasteiger partial charge on any atom is -0.294 e. The summed E-state index contributed by atoms with van der Waals surface area (Å²) >= 11 is 0. The van der Waals surface area contributed by atoms with E-state index in [1.807, 2.05) is 51.1 Å². The Kier molecular flexibility index (Phi) is 2.50. The fourth-order valence-electron chi connectivity index (χ4n) is 1.63. The molecule has 82 valence electrons. The molecule has 1 heterocycles. The van der Waals surface area contributed by atoms with Gasteiger partial charge in [0.2, 0.25) is 0 Å². The van der Waals surface area contributed by atoms with Gasteiger partial charge in [-0.2, -0.15) is 0 Å². The second kappa shape index (κ2) is 3.71. The summed E-state index contributed by atoms with van der Waals surface area (Å²) < 4.78 is 0. The lowest BCUT2D eigenvalue weighted by atomic mass is 9.87. The maximum absolute atomic E-state index is 12.1. The van der Waals surface area contributed by atoms with Crippen molar-refractivity contribution < 1.29 is 4.79 Å². The third-order valence-electron chi connectivity index (χ3n) is 2.53. The number of ketones is 1. The maximum Gasteiger partial charge on any atom is 0.169 e. The summed E-state index contributed by atoms with van der Waals surface area (Å²) in [4.78, 5) is 16.4. The van der Waals surface area contributed by atoms with Gasteiger partial charge in [0.05, 0.1) is 5.52 Å². The number of para-hydroxylation sites is 1. The molecule has 0 fully saturated rings. The van der Waals surface area contributed by atoms with Gasteiger partial charge in [0, 0.05) is 22.6 Å². The van der Waals surface area contributed by atoms with Crippen molar-refractivity contribution >= 4 is 16.7 Å². The van der Waals surface area contributed by atoms with E-state index in [0.717, 1.165) is 10.9 Å². The first kappa shape index (κ1) is 10.8. The average Bonchev–Trinajstić information content (AvgIpc) is 2.26. The number of hydrogen-bond donors (Lipinski definition) is 0. The molecule has 1 aromatic heterocycles. The van der Waals surface area contributed by atoms with Crippen LogP contribution in [0.4, 0.5) is 0 Å². The van der Waals surface area contributed by atoms with E-state index in [4.69, 9.17) is 0 Å².